The molecule has 0 radical (unpaired) electrons. The van der Waals surface area contributed by atoms with Crippen molar-refractivity contribution in [3.05, 3.63) is 30.1 Å². The number of pyridine rings is 1. The summed E-state index contributed by atoms with van der Waals surface area (Å²) in [6.45, 7) is 6.02. The van der Waals surface area contributed by atoms with E-state index in [2.05, 4.69) is 11.9 Å². The van der Waals surface area contributed by atoms with Crippen LogP contribution in [0.2, 0.25) is 0 Å². The first-order valence-electron chi connectivity index (χ1n) is 8.00. The summed E-state index contributed by atoms with van der Waals surface area (Å²) < 4.78 is 0. The molecule has 4 nitrogen and oxygen atoms in total. The fraction of sp³-hybridized carbons (Fsp3) is 0.647. The van der Waals surface area contributed by atoms with Gasteiger partial charge in [0.2, 0.25) is 5.91 Å². The third-order valence-electron chi connectivity index (χ3n) is 4.82. The second-order valence-electron chi connectivity index (χ2n) is 6.31. The van der Waals surface area contributed by atoms with Crippen molar-refractivity contribution in [2.24, 2.45) is 17.1 Å². The van der Waals surface area contributed by atoms with Crippen molar-refractivity contribution >= 4 is 5.91 Å². The first-order valence-corrected chi connectivity index (χ1v) is 8.00. The van der Waals surface area contributed by atoms with Gasteiger partial charge in [0, 0.05) is 19.3 Å². The van der Waals surface area contributed by atoms with E-state index in [0.717, 1.165) is 31.4 Å². The molecule has 0 saturated heterocycles. The van der Waals surface area contributed by atoms with Crippen molar-refractivity contribution in [2.45, 2.75) is 46.1 Å². The average molecular weight is 289 g/mol. The molecule has 0 bridgehead atoms. The minimum absolute atomic E-state index is 0.213. The van der Waals surface area contributed by atoms with E-state index < -0.39 is 0 Å². The maximum atomic E-state index is 13.0. The summed E-state index contributed by atoms with van der Waals surface area (Å²) in [5, 5.41) is 0. The molecule has 2 N–H and O–H groups in total. The van der Waals surface area contributed by atoms with Crippen LogP contribution in [-0.2, 0) is 11.3 Å². The lowest BCUT2D eigenvalue weighted by Gasteiger charge is -2.40. The molecule has 21 heavy (non-hydrogen) atoms. The van der Waals surface area contributed by atoms with Crippen LogP contribution >= 0.6 is 0 Å². The van der Waals surface area contributed by atoms with Gasteiger partial charge < -0.3 is 10.6 Å². The zero-order valence-electron chi connectivity index (χ0n) is 13.2. The largest absolute Gasteiger partial charge is 0.337 e. The highest BCUT2D eigenvalue weighted by atomic mass is 16.2. The van der Waals surface area contributed by atoms with Crippen LogP contribution in [-0.4, -0.2) is 28.9 Å². The molecule has 0 unspecified atom stereocenters. The molecule has 0 spiro atoms. The zero-order chi connectivity index (χ0) is 15.3. The first-order chi connectivity index (χ1) is 10.1. The Morgan fingerprint density at radius 3 is 2.67 bits per heavy atom. The number of aromatic nitrogens is 1. The van der Waals surface area contributed by atoms with Gasteiger partial charge in [0.05, 0.1) is 17.7 Å². The number of nitrogens with two attached hydrogens (primary N) is 1. The van der Waals surface area contributed by atoms with Gasteiger partial charge >= 0.3 is 0 Å². The fourth-order valence-corrected chi connectivity index (χ4v) is 3.17. The van der Waals surface area contributed by atoms with Crippen LogP contribution in [0.4, 0.5) is 0 Å². The maximum absolute atomic E-state index is 13.0. The molecule has 4 heteroatoms. The van der Waals surface area contributed by atoms with Gasteiger partial charge in [-0.1, -0.05) is 13.0 Å². The molecule has 0 aromatic carbocycles. The van der Waals surface area contributed by atoms with Crippen molar-refractivity contribution in [3.63, 3.8) is 0 Å². The monoisotopic (exact) mass is 289 g/mol. The zero-order valence-corrected chi connectivity index (χ0v) is 13.2. The number of carbonyl (C=O) groups is 1. The van der Waals surface area contributed by atoms with Crippen LogP contribution in [0.25, 0.3) is 0 Å². The first kappa shape index (κ1) is 16.0. The summed E-state index contributed by atoms with van der Waals surface area (Å²) in [6.07, 6.45) is 5.81. The second-order valence-corrected chi connectivity index (χ2v) is 6.31. The van der Waals surface area contributed by atoms with Crippen molar-refractivity contribution in [1.82, 2.24) is 9.88 Å². The van der Waals surface area contributed by atoms with Gasteiger partial charge in [0.15, 0.2) is 0 Å². The quantitative estimate of drug-likeness (QED) is 0.906. The van der Waals surface area contributed by atoms with Crippen LogP contribution in [0.3, 0.4) is 0 Å². The van der Waals surface area contributed by atoms with Crippen LogP contribution in [0.5, 0.6) is 0 Å². The molecular weight excluding hydrogens is 262 g/mol. The van der Waals surface area contributed by atoms with E-state index in [1.165, 1.54) is 0 Å². The van der Waals surface area contributed by atoms with Gasteiger partial charge in [-0.3, -0.25) is 9.78 Å². The summed E-state index contributed by atoms with van der Waals surface area (Å²) >= 11 is 0. The molecule has 0 aliphatic heterocycles. The topological polar surface area (TPSA) is 59.2 Å². The van der Waals surface area contributed by atoms with E-state index in [4.69, 9.17) is 5.73 Å². The van der Waals surface area contributed by atoms with E-state index in [-0.39, 0.29) is 11.3 Å². The molecule has 116 valence electrons. The van der Waals surface area contributed by atoms with Crippen molar-refractivity contribution in [3.8, 4) is 0 Å². The molecule has 2 rings (SSSR count). The number of amides is 1. The minimum atomic E-state index is -0.350. The van der Waals surface area contributed by atoms with E-state index in [9.17, 15) is 4.79 Å². The van der Waals surface area contributed by atoms with Gasteiger partial charge in [-0.2, -0.15) is 0 Å². The molecule has 1 amide bonds. The predicted molar refractivity (Wildman–Crippen MR) is 84.4 cm³/mol. The van der Waals surface area contributed by atoms with Crippen molar-refractivity contribution < 1.29 is 4.79 Å². The average Bonchev–Trinajstić information content (AvgIpc) is 2.54. The Morgan fingerprint density at radius 1 is 1.43 bits per heavy atom. The van der Waals surface area contributed by atoms with Gasteiger partial charge in [-0.15, -0.1) is 0 Å². The van der Waals surface area contributed by atoms with Gasteiger partial charge in [0.25, 0.3) is 0 Å². The fourth-order valence-electron chi connectivity index (χ4n) is 3.17. The van der Waals surface area contributed by atoms with E-state index in [1.54, 1.807) is 6.20 Å². The number of hydrogen-bond acceptors (Lipinski definition) is 3. The molecule has 1 saturated carbocycles. The minimum Gasteiger partial charge on any atom is -0.337 e. The van der Waals surface area contributed by atoms with E-state index in [1.807, 2.05) is 30.0 Å². The number of rotatable bonds is 5. The molecule has 1 aliphatic carbocycles. The Kier molecular flexibility index (Phi) is 5.34. The number of hydrogen-bond donors (Lipinski definition) is 1. The Bertz CT molecular complexity index is 452. The molecule has 1 heterocycles. The van der Waals surface area contributed by atoms with E-state index in [0.29, 0.717) is 25.6 Å². The maximum Gasteiger partial charge on any atom is 0.230 e. The van der Waals surface area contributed by atoms with Crippen molar-refractivity contribution in [1.29, 1.82) is 0 Å². The predicted octanol–water partition coefficient (Wildman–Crippen LogP) is 2.59. The Hall–Kier alpha value is -1.42. The Labute approximate surface area is 127 Å². The Balaban J connectivity index is 2.11. The standard InChI is InChI=1S/C17H27N3O/c1-3-20(12-15-6-4-5-11-19-15)16(21)17(13-18)9-7-14(2)8-10-17/h4-6,11,14H,3,7-10,12-13,18H2,1-2H3. The summed E-state index contributed by atoms with van der Waals surface area (Å²) in [5.74, 6) is 0.924. The summed E-state index contributed by atoms with van der Waals surface area (Å²) in [7, 11) is 0. The van der Waals surface area contributed by atoms with Crippen LogP contribution < -0.4 is 5.73 Å². The normalized spacial score (nSPS) is 25.6. The third-order valence-corrected chi connectivity index (χ3v) is 4.82. The summed E-state index contributed by atoms with van der Waals surface area (Å²) in [4.78, 5) is 19.2. The molecule has 1 fully saturated rings. The lowest BCUT2D eigenvalue weighted by atomic mass is 9.70. The molecule has 1 aromatic heterocycles. The lowest BCUT2D eigenvalue weighted by molar-refractivity contribution is -0.144. The highest BCUT2D eigenvalue weighted by molar-refractivity contribution is 5.83. The van der Waals surface area contributed by atoms with Crippen LogP contribution in [0.15, 0.2) is 24.4 Å². The van der Waals surface area contributed by atoms with Crippen LogP contribution in [0, 0.1) is 11.3 Å². The number of nitrogens with zero attached hydrogens (tertiary/aromatic N) is 2. The molecule has 0 atom stereocenters. The SMILES string of the molecule is CCN(Cc1ccccn1)C(=O)C1(CN)CCC(C)CC1. The van der Waals surface area contributed by atoms with E-state index >= 15 is 0 Å². The second kappa shape index (κ2) is 7.03. The highest BCUT2D eigenvalue weighted by Gasteiger charge is 2.41. The summed E-state index contributed by atoms with van der Waals surface area (Å²) in [6, 6.07) is 5.82. The smallest absolute Gasteiger partial charge is 0.230 e. The Morgan fingerprint density at radius 2 is 2.14 bits per heavy atom. The van der Waals surface area contributed by atoms with Gasteiger partial charge in [-0.25, -0.2) is 0 Å². The summed E-state index contributed by atoms with van der Waals surface area (Å²) in [5.41, 5.74) is 6.59. The van der Waals surface area contributed by atoms with Gasteiger partial charge in [0.1, 0.15) is 0 Å². The molecule has 1 aromatic rings. The van der Waals surface area contributed by atoms with Gasteiger partial charge in [-0.05, 0) is 50.7 Å². The van der Waals surface area contributed by atoms with Crippen LogP contribution in [0.1, 0.15) is 45.2 Å². The molecule has 1 aliphatic rings. The lowest BCUT2D eigenvalue weighted by Crippen LogP contribution is -2.49. The third kappa shape index (κ3) is 3.62. The molecular formula is C17H27N3O. The number of carbonyl (C=O) groups excluding carboxylic acids is 1. The van der Waals surface area contributed by atoms with Crippen molar-refractivity contribution in [2.75, 3.05) is 13.1 Å². The highest BCUT2D eigenvalue weighted by Crippen LogP contribution is 2.39.